The summed E-state index contributed by atoms with van der Waals surface area (Å²) >= 11 is 0. The van der Waals surface area contributed by atoms with Crippen molar-refractivity contribution in [1.82, 2.24) is 14.8 Å². The van der Waals surface area contributed by atoms with E-state index in [-0.39, 0.29) is 11.9 Å². The lowest BCUT2D eigenvalue weighted by Crippen LogP contribution is -2.42. The van der Waals surface area contributed by atoms with Crippen molar-refractivity contribution in [2.24, 2.45) is 7.05 Å². The van der Waals surface area contributed by atoms with Crippen molar-refractivity contribution in [3.63, 3.8) is 0 Å². The molecule has 1 atom stereocenters. The predicted molar refractivity (Wildman–Crippen MR) is 81.3 cm³/mol. The van der Waals surface area contributed by atoms with Crippen molar-refractivity contribution in [2.45, 2.75) is 25.1 Å². The Morgan fingerprint density at radius 3 is 2.83 bits per heavy atom. The number of piperidine rings is 1. The number of halogens is 3. The minimum absolute atomic E-state index is 0.0555. The molecule has 1 aliphatic rings. The van der Waals surface area contributed by atoms with Crippen molar-refractivity contribution in [3.05, 3.63) is 36.3 Å². The maximum absolute atomic E-state index is 12.7. The summed E-state index contributed by atoms with van der Waals surface area (Å²) < 4.78 is 39.9. The molecule has 23 heavy (non-hydrogen) atoms. The molecule has 1 N–H and O–H groups in total. The number of aromatic nitrogens is 3. The van der Waals surface area contributed by atoms with Crippen LogP contribution in [0.4, 0.5) is 24.7 Å². The summed E-state index contributed by atoms with van der Waals surface area (Å²) in [6, 6.07) is 3.98. The molecule has 1 unspecified atom stereocenters. The van der Waals surface area contributed by atoms with Crippen molar-refractivity contribution in [3.8, 4) is 0 Å². The summed E-state index contributed by atoms with van der Waals surface area (Å²) in [6.07, 6.45) is 1.17. The maximum atomic E-state index is 12.7. The van der Waals surface area contributed by atoms with E-state index in [9.17, 15) is 13.2 Å². The molecule has 1 saturated heterocycles. The highest BCUT2D eigenvalue weighted by Gasteiger charge is 2.32. The third-order valence-electron chi connectivity index (χ3n) is 3.87. The number of hydrogen-bond donors (Lipinski definition) is 1. The molecule has 1 aliphatic heterocycles. The maximum Gasteiger partial charge on any atom is 0.433 e. The molecule has 1 fully saturated rings. The first kappa shape index (κ1) is 15.6. The fourth-order valence-corrected chi connectivity index (χ4v) is 2.78. The number of alkyl halides is 3. The van der Waals surface area contributed by atoms with E-state index in [0.717, 1.165) is 31.1 Å². The molecule has 5 nitrogen and oxygen atoms in total. The highest BCUT2D eigenvalue weighted by atomic mass is 19.4. The smallest absolute Gasteiger partial charge is 0.367 e. The Morgan fingerprint density at radius 2 is 2.13 bits per heavy atom. The second-order valence-corrected chi connectivity index (χ2v) is 5.71. The second-order valence-electron chi connectivity index (χ2n) is 5.71. The van der Waals surface area contributed by atoms with Crippen LogP contribution < -0.4 is 10.2 Å². The van der Waals surface area contributed by atoms with Gasteiger partial charge in [0.05, 0.1) is 11.9 Å². The lowest BCUT2D eigenvalue weighted by molar-refractivity contribution is -0.141. The third kappa shape index (κ3) is 3.75. The fraction of sp³-hybridized carbons (Fsp3) is 0.467. The Bertz CT molecular complexity index is 667. The summed E-state index contributed by atoms with van der Waals surface area (Å²) in [4.78, 5) is 5.85. The molecule has 0 saturated carbocycles. The Labute approximate surface area is 132 Å². The van der Waals surface area contributed by atoms with Gasteiger partial charge in [-0.3, -0.25) is 4.68 Å². The van der Waals surface area contributed by atoms with Crippen LogP contribution in [0.5, 0.6) is 0 Å². The van der Waals surface area contributed by atoms with Gasteiger partial charge in [-0.1, -0.05) is 6.07 Å². The van der Waals surface area contributed by atoms with Gasteiger partial charge in [-0.05, 0) is 25.0 Å². The van der Waals surface area contributed by atoms with Crippen LogP contribution in [0.15, 0.2) is 30.6 Å². The first-order chi connectivity index (χ1) is 10.9. The number of aryl methyl sites for hydroxylation is 1. The largest absolute Gasteiger partial charge is 0.433 e. The number of pyridine rings is 1. The number of nitrogens with zero attached hydrogens (tertiary/aromatic N) is 4. The number of rotatable bonds is 3. The molecule has 0 aliphatic carbocycles. The van der Waals surface area contributed by atoms with Crippen LogP contribution in [0.1, 0.15) is 18.5 Å². The molecule has 3 heterocycles. The monoisotopic (exact) mass is 325 g/mol. The molecular formula is C15H18F3N5. The van der Waals surface area contributed by atoms with Crippen LogP contribution in [0, 0.1) is 0 Å². The van der Waals surface area contributed by atoms with E-state index in [2.05, 4.69) is 20.3 Å². The first-order valence-corrected chi connectivity index (χ1v) is 7.46. The number of anilines is 2. The summed E-state index contributed by atoms with van der Waals surface area (Å²) in [5.74, 6) is 0.262. The van der Waals surface area contributed by atoms with E-state index in [1.54, 1.807) is 16.9 Å². The zero-order valence-corrected chi connectivity index (χ0v) is 12.7. The van der Waals surface area contributed by atoms with E-state index in [1.165, 1.54) is 6.07 Å². The summed E-state index contributed by atoms with van der Waals surface area (Å²) in [6.45, 7) is 1.63. The zero-order valence-electron chi connectivity index (χ0n) is 12.7. The number of nitrogens with one attached hydrogen (secondary N) is 1. The molecule has 2 aromatic heterocycles. The third-order valence-corrected chi connectivity index (χ3v) is 3.87. The van der Waals surface area contributed by atoms with E-state index in [0.29, 0.717) is 6.54 Å². The van der Waals surface area contributed by atoms with Crippen LogP contribution in [0.2, 0.25) is 0 Å². The molecule has 2 aromatic rings. The summed E-state index contributed by atoms with van der Waals surface area (Å²) in [7, 11) is 1.86. The molecule has 0 bridgehead atoms. The highest BCUT2D eigenvalue weighted by Crippen LogP contribution is 2.28. The molecule has 0 spiro atoms. The summed E-state index contributed by atoms with van der Waals surface area (Å²) in [5.41, 5.74) is 0.151. The van der Waals surface area contributed by atoms with Crippen LogP contribution in [-0.2, 0) is 13.2 Å². The minimum atomic E-state index is -4.42. The second kappa shape index (κ2) is 6.10. The Morgan fingerprint density at radius 1 is 1.30 bits per heavy atom. The quantitative estimate of drug-likeness (QED) is 0.942. The number of hydrogen-bond acceptors (Lipinski definition) is 4. The minimum Gasteiger partial charge on any atom is -0.367 e. The van der Waals surface area contributed by atoms with Gasteiger partial charge in [0.25, 0.3) is 0 Å². The molecule has 0 radical (unpaired) electrons. The van der Waals surface area contributed by atoms with E-state index in [4.69, 9.17) is 0 Å². The van der Waals surface area contributed by atoms with Crippen LogP contribution in [0.3, 0.4) is 0 Å². The average Bonchev–Trinajstić information content (AvgIpc) is 2.94. The fourth-order valence-electron chi connectivity index (χ4n) is 2.78. The molecule has 124 valence electrons. The molecule has 0 amide bonds. The van der Waals surface area contributed by atoms with Crippen molar-refractivity contribution < 1.29 is 13.2 Å². The van der Waals surface area contributed by atoms with E-state index >= 15 is 0 Å². The van der Waals surface area contributed by atoms with E-state index in [1.807, 2.05) is 13.2 Å². The van der Waals surface area contributed by atoms with Gasteiger partial charge < -0.3 is 10.2 Å². The standard InChI is InChI=1S/C15H18F3N5/c1-22-10-12(8-19-22)23-7-3-4-11(9-23)20-14-6-2-5-13(21-14)15(16,17)18/h2,5-6,8,10-11H,3-4,7,9H2,1H3,(H,20,21). The topological polar surface area (TPSA) is 46.0 Å². The van der Waals surface area contributed by atoms with Gasteiger partial charge in [0.1, 0.15) is 11.5 Å². The van der Waals surface area contributed by atoms with Gasteiger partial charge in [0, 0.05) is 32.4 Å². The lowest BCUT2D eigenvalue weighted by atomic mass is 10.1. The van der Waals surface area contributed by atoms with E-state index < -0.39 is 11.9 Å². The van der Waals surface area contributed by atoms with Gasteiger partial charge in [-0.2, -0.15) is 18.3 Å². The zero-order chi connectivity index (χ0) is 16.4. The van der Waals surface area contributed by atoms with Gasteiger partial charge in [-0.15, -0.1) is 0 Å². The van der Waals surface area contributed by atoms with Crippen molar-refractivity contribution in [2.75, 3.05) is 23.3 Å². The Balaban J connectivity index is 1.68. The lowest BCUT2D eigenvalue weighted by Gasteiger charge is -2.34. The Hall–Kier alpha value is -2.25. The van der Waals surface area contributed by atoms with Gasteiger partial charge >= 0.3 is 6.18 Å². The molecule has 8 heteroatoms. The SMILES string of the molecule is Cn1cc(N2CCCC(Nc3cccc(C(F)(F)F)n3)C2)cn1. The van der Waals surface area contributed by atoms with Crippen molar-refractivity contribution in [1.29, 1.82) is 0 Å². The average molecular weight is 325 g/mol. The Kier molecular flexibility index (Phi) is 4.14. The van der Waals surface area contributed by atoms with Gasteiger partial charge in [0.2, 0.25) is 0 Å². The molecular weight excluding hydrogens is 307 g/mol. The molecule has 3 rings (SSSR count). The summed E-state index contributed by atoms with van der Waals surface area (Å²) in [5, 5.41) is 7.28. The molecule has 0 aromatic carbocycles. The predicted octanol–water partition coefficient (Wildman–Crippen LogP) is 2.91. The van der Waals surface area contributed by atoms with Crippen LogP contribution >= 0.6 is 0 Å². The van der Waals surface area contributed by atoms with Gasteiger partial charge in [0.15, 0.2) is 0 Å². The van der Waals surface area contributed by atoms with Crippen LogP contribution in [0.25, 0.3) is 0 Å². The van der Waals surface area contributed by atoms with Crippen molar-refractivity contribution >= 4 is 11.5 Å². The highest BCUT2D eigenvalue weighted by molar-refractivity contribution is 5.45. The normalized spacial score (nSPS) is 19.0. The van der Waals surface area contributed by atoms with Crippen LogP contribution in [-0.4, -0.2) is 33.9 Å². The van der Waals surface area contributed by atoms with Gasteiger partial charge in [-0.25, -0.2) is 4.98 Å². The first-order valence-electron chi connectivity index (χ1n) is 7.46.